The quantitative estimate of drug-likeness (QED) is 0.486. The van der Waals surface area contributed by atoms with Crippen LogP contribution in [0.1, 0.15) is 19.8 Å². The molecule has 1 heterocycles. The molecule has 10 heavy (non-hydrogen) atoms. The second kappa shape index (κ2) is 1.78. The lowest BCUT2D eigenvalue weighted by Gasteiger charge is -1.99. The third kappa shape index (κ3) is 0.649. The molecule has 0 unspecified atom stereocenters. The highest BCUT2D eigenvalue weighted by atomic mass is 15.1. The molecule has 0 saturated carbocycles. The summed E-state index contributed by atoms with van der Waals surface area (Å²) in [5, 5.41) is 7.95. The molecule has 1 aliphatic carbocycles. The van der Waals surface area contributed by atoms with Gasteiger partial charge in [0.25, 0.3) is 0 Å². The maximum absolute atomic E-state index is 4.03. The number of hydrogen-bond donors (Lipinski definition) is 0. The van der Waals surface area contributed by atoms with E-state index in [1.807, 2.05) is 0 Å². The van der Waals surface area contributed by atoms with Gasteiger partial charge in [-0.3, -0.25) is 0 Å². The summed E-state index contributed by atoms with van der Waals surface area (Å²) in [5.41, 5.74) is 3.37. The molecule has 0 spiro atoms. The van der Waals surface area contributed by atoms with E-state index in [4.69, 9.17) is 0 Å². The van der Waals surface area contributed by atoms with Crippen molar-refractivity contribution in [2.24, 2.45) is 16.1 Å². The summed E-state index contributed by atoms with van der Waals surface area (Å²) < 4.78 is 0. The third-order valence-corrected chi connectivity index (χ3v) is 2.08. The molecule has 0 radical (unpaired) electrons. The zero-order valence-corrected chi connectivity index (χ0v) is 6.09. The molecule has 0 saturated heterocycles. The summed E-state index contributed by atoms with van der Waals surface area (Å²) in [6, 6.07) is 0. The highest BCUT2D eigenvalue weighted by Crippen LogP contribution is 2.39. The van der Waals surface area contributed by atoms with Crippen LogP contribution in [0.5, 0.6) is 0 Å². The van der Waals surface area contributed by atoms with Crippen molar-refractivity contribution in [1.82, 2.24) is 0 Å². The van der Waals surface area contributed by atoms with Crippen LogP contribution < -0.4 is 0 Å². The summed E-state index contributed by atoms with van der Waals surface area (Å²) in [7, 11) is 0. The Kier molecular flexibility index (Phi) is 1.04. The van der Waals surface area contributed by atoms with Gasteiger partial charge in [0, 0.05) is 5.57 Å². The zero-order valence-electron chi connectivity index (χ0n) is 6.09. The Morgan fingerprint density at radius 1 is 1.40 bits per heavy atom. The second-order valence-corrected chi connectivity index (χ2v) is 3.09. The molecule has 0 aromatic heterocycles. The Labute approximate surface area is 60.3 Å². The fraction of sp³-hybridized carbons (Fsp3) is 0.500. The molecule has 1 atom stereocenters. The Morgan fingerprint density at radius 2 is 2.20 bits per heavy atom. The summed E-state index contributed by atoms with van der Waals surface area (Å²) in [4.78, 5) is 0. The molecule has 52 valence electrons. The molecule has 2 aliphatic rings. The third-order valence-electron chi connectivity index (χ3n) is 2.08. The number of rotatable bonds is 0. The van der Waals surface area contributed by atoms with Crippen LogP contribution in [0, 0.1) is 5.92 Å². The molecular weight excluding hydrogens is 124 g/mol. The molecule has 0 aromatic carbocycles. The SMILES string of the molecule is C=C1N=NC2=C1C[C@@H](C)C2. The molecule has 2 heteroatoms. The van der Waals surface area contributed by atoms with E-state index in [0.29, 0.717) is 0 Å². The lowest BCUT2D eigenvalue weighted by atomic mass is 10.1. The van der Waals surface area contributed by atoms with Gasteiger partial charge in [-0.25, -0.2) is 0 Å². The van der Waals surface area contributed by atoms with Crippen LogP contribution in [-0.4, -0.2) is 0 Å². The molecule has 1 aliphatic heterocycles. The van der Waals surface area contributed by atoms with Gasteiger partial charge in [0.05, 0.1) is 11.4 Å². The normalized spacial score (nSPS) is 30.1. The van der Waals surface area contributed by atoms with E-state index in [1.165, 1.54) is 11.3 Å². The first kappa shape index (κ1) is 5.83. The van der Waals surface area contributed by atoms with E-state index >= 15 is 0 Å². The van der Waals surface area contributed by atoms with Crippen molar-refractivity contribution in [2.75, 3.05) is 0 Å². The topological polar surface area (TPSA) is 24.7 Å². The first-order chi connectivity index (χ1) is 4.77. The zero-order chi connectivity index (χ0) is 7.14. The molecule has 0 amide bonds. The Bertz CT molecular complexity index is 240. The van der Waals surface area contributed by atoms with Gasteiger partial charge >= 0.3 is 0 Å². The fourth-order valence-electron chi connectivity index (χ4n) is 1.56. The van der Waals surface area contributed by atoms with E-state index in [-0.39, 0.29) is 0 Å². The van der Waals surface area contributed by atoms with Crippen molar-refractivity contribution in [1.29, 1.82) is 0 Å². The minimum atomic E-state index is 0.751. The molecule has 0 bridgehead atoms. The van der Waals surface area contributed by atoms with Crippen molar-refractivity contribution in [3.63, 3.8) is 0 Å². The fourth-order valence-corrected chi connectivity index (χ4v) is 1.56. The maximum atomic E-state index is 4.03. The van der Waals surface area contributed by atoms with E-state index in [9.17, 15) is 0 Å². The van der Waals surface area contributed by atoms with Crippen LogP contribution in [0.15, 0.2) is 33.8 Å². The van der Waals surface area contributed by atoms with Gasteiger partial charge in [-0.1, -0.05) is 13.5 Å². The highest BCUT2D eigenvalue weighted by molar-refractivity contribution is 5.38. The van der Waals surface area contributed by atoms with E-state index in [1.54, 1.807) is 0 Å². The summed E-state index contributed by atoms with van der Waals surface area (Å²) in [6.45, 7) is 6.05. The van der Waals surface area contributed by atoms with Crippen molar-refractivity contribution < 1.29 is 0 Å². The van der Waals surface area contributed by atoms with Crippen LogP contribution in [0.4, 0.5) is 0 Å². The largest absolute Gasteiger partial charge is 0.155 e. The predicted molar refractivity (Wildman–Crippen MR) is 39.4 cm³/mol. The maximum Gasteiger partial charge on any atom is 0.0836 e. The van der Waals surface area contributed by atoms with Crippen LogP contribution in [-0.2, 0) is 0 Å². The van der Waals surface area contributed by atoms with Gasteiger partial charge in [-0.15, -0.1) is 0 Å². The minimum absolute atomic E-state index is 0.751. The van der Waals surface area contributed by atoms with Gasteiger partial charge in [0.15, 0.2) is 0 Å². The monoisotopic (exact) mass is 134 g/mol. The Balaban J connectivity index is 2.33. The number of nitrogens with zero attached hydrogens (tertiary/aromatic N) is 2. The Morgan fingerprint density at radius 3 is 2.90 bits per heavy atom. The van der Waals surface area contributed by atoms with Crippen LogP contribution >= 0.6 is 0 Å². The highest BCUT2D eigenvalue weighted by Gasteiger charge is 2.25. The number of hydrogen-bond acceptors (Lipinski definition) is 2. The van der Waals surface area contributed by atoms with Crippen molar-refractivity contribution in [2.45, 2.75) is 19.8 Å². The van der Waals surface area contributed by atoms with Gasteiger partial charge in [-0.05, 0) is 18.8 Å². The first-order valence-electron chi connectivity index (χ1n) is 3.60. The average Bonchev–Trinajstić information content (AvgIpc) is 2.35. The lowest BCUT2D eigenvalue weighted by molar-refractivity contribution is 0.612. The summed E-state index contributed by atoms with van der Waals surface area (Å²) in [5.74, 6) is 0.751. The van der Waals surface area contributed by atoms with Crippen LogP contribution in [0.25, 0.3) is 0 Å². The average molecular weight is 134 g/mol. The van der Waals surface area contributed by atoms with Gasteiger partial charge in [0.1, 0.15) is 0 Å². The second-order valence-electron chi connectivity index (χ2n) is 3.09. The number of azo groups is 1. The van der Waals surface area contributed by atoms with Gasteiger partial charge in [0.2, 0.25) is 0 Å². The smallest absolute Gasteiger partial charge is 0.0836 e. The lowest BCUT2D eigenvalue weighted by Crippen LogP contribution is -1.87. The van der Waals surface area contributed by atoms with Crippen molar-refractivity contribution in [3.8, 4) is 0 Å². The predicted octanol–water partition coefficient (Wildman–Crippen LogP) is 2.65. The molecule has 2 rings (SSSR count). The first-order valence-corrected chi connectivity index (χ1v) is 3.60. The molecule has 2 nitrogen and oxygen atoms in total. The number of allylic oxidation sites excluding steroid dienone is 2. The van der Waals surface area contributed by atoms with Crippen molar-refractivity contribution >= 4 is 0 Å². The standard InChI is InChI=1S/C8H10N2/c1-5-3-7-6(2)9-10-8(7)4-5/h5H,2-4H2,1H3/t5-/m1/s1. The van der Waals surface area contributed by atoms with E-state index in [2.05, 4.69) is 23.7 Å². The summed E-state index contributed by atoms with van der Waals surface area (Å²) in [6.07, 6.45) is 2.22. The van der Waals surface area contributed by atoms with Crippen molar-refractivity contribution in [3.05, 3.63) is 23.5 Å². The Hall–Kier alpha value is -0.920. The van der Waals surface area contributed by atoms with Gasteiger partial charge < -0.3 is 0 Å². The van der Waals surface area contributed by atoms with E-state index in [0.717, 1.165) is 24.5 Å². The minimum Gasteiger partial charge on any atom is -0.155 e. The molecule has 0 N–H and O–H groups in total. The summed E-state index contributed by atoms with van der Waals surface area (Å²) >= 11 is 0. The van der Waals surface area contributed by atoms with Crippen LogP contribution in [0.2, 0.25) is 0 Å². The molecule has 0 aromatic rings. The van der Waals surface area contributed by atoms with Crippen LogP contribution in [0.3, 0.4) is 0 Å². The molecule has 0 fully saturated rings. The molecular formula is C8H10N2. The van der Waals surface area contributed by atoms with Gasteiger partial charge in [-0.2, -0.15) is 10.2 Å². The van der Waals surface area contributed by atoms with E-state index < -0.39 is 0 Å².